The Balaban J connectivity index is 2.16. The van der Waals surface area contributed by atoms with Crippen LogP contribution >= 0.6 is 22.9 Å². The molecule has 90 valence electrons. The van der Waals surface area contributed by atoms with E-state index in [1.807, 2.05) is 12.4 Å². The summed E-state index contributed by atoms with van der Waals surface area (Å²) < 4.78 is 13.0. The van der Waals surface area contributed by atoms with E-state index in [9.17, 15) is 4.39 Å². The van der Waals surface area contributed by atoms with Crippen LogP contribution in [0.5, 0.6) is 0 Å². The van der Waals surface area contributed by atoms with Gasteiger partial charge in [-0.1, -0.05) is 17.7 Å². The molecule has 2 aromatic rings. The number of halogens is 2. The molecule has 0 spiro atoms. The summed E-state index contributed by atoms with van der Waals surface area (Å²) in [5, 5.41) is 5.36. The molecule has 0 radical (unpaired) electrons. The fourth-order valence-electron chi connectivity index (χ4n) is 1.65. The molecule has 0 aliphatic rings. The lowest BCUT2D eigenvalue weighted by molar-refractivity contribution is 0.577. The van der Waals surface area contributed by atoms with Gasteiger partial charge in [0, 0.05) is 5.38 Å². The van der Waals surface area contributed by atoms with Crippen LogP contribution in [-0.4, -0.2) is 12.0 Å². The highest BCUT2D eigenvalue weighted by Crippen LogP contribution is 2.21. The van der Waals surface area contributed by atoms with Crippen LogP contribution in [-0.2, 0) is 6.42 Å². The number of likely N-dealkylation sites (N-methyl/N-ethyl adjacent to an activating group) is 1. The van der Waals surface area contributed by atoms with Crippen LogP contribution in [0.3, 0.4) is 0 Å². The summed E-state index contributed by atoms with van der Waals surface area (Å²) >= 11 is 7.32. The molecule has 1 aromatic heterocycles. The van der Waals surface area contributed by atoms with Crippen molar-refractivity contribution < 1.29 is 4.39 Å². The number of rotatable bonds is 4. The van der Waals surface area contributed by atoms with Gasteiger partial charge in [-0.15, -0.1) is 11.3 Å². The molecular weight excluding hydrogens is 259 g/mol. The minimum absolute atomic E-state index is 0.128. The second-order valence-corrected chi connectivity index (χ2v) is 4.83. The van der Waals surface area contributed by atoms with Crippen molar-refractivity contribution in [3.8, 4) is 0 Å². The first-order valence-corrected chi connectivity index (χ1v) is 6.52. The van der Waals surface area contributed by atoms with Gasteiger partial charge >= 0.3 is 0 Å². The zero-order chi connectivity index (χ0) is 12.3. The smallest absolute Gasteiger partial charge is 0.141 e. The normalized spacial score (nSPS) is 12.6. The van der Waals surface area contributed by atoms with Crippen molar-refractivity contribution in [3.63, 3.8) is 0 Å². The molecule has 0 fully saturated rings. The van der Waals surface area contributed by atoms with Gasteiger partial charge in [-0.05, 0) is 31.2 Å². The summed E-state index contributed by atoms with van der Waals surface area (Å²) in [6.45, 7) is 0. The van der Waals surface area contributed by atoms with Gasteiger partial charge in [-0.2, -0.15) is 0 Å². The SMILES string of the molecule is CNC(Cc1ccc(F)c(Cl)c1)c1cscn1. The summed E-state index contributed by atoms with van der Waals surface area (Å²) in [6, 6.07) is 4.93. The van der Waals surface area contributed by atoms with E-state index in [1.54, 1.807) is 29.0 Å². The highest BCUT2D eigenvalue weighted by molar-refractivity contribution is 7.07. The summed E-state index contributed by atoms with van der Waals surface area (Å²) in [6.07, 6.45) is 0.736. The molecule has 0 bridgehead atoms. The number of aromatic nitrogens is 1. The minimum atomic E-state index is -0.384. The number of hydrogen-bond donors (Lipinski definition) is 1. The quantitative estimate of drug-likeness (QED) is 0.921. The molecule has 17 heavy (non-hydrogen) atoms. The van der Waals surface area contributed by atoms with Crippen molar-refractivity contribution in [3.05, 3.63) is 51.2 Å². The van der Waals surface area contributed by atoms with Crippen molar-refractivity contribution >= 4 is 22.9 Å². The van der Waals surface area contributed by atoms with Crippen LogP contribution in [0.1, 0.15) is 17.3 Å². The first kappa shape index (κ1) is 12.5. The summed E-state index contributed by atoms with van der Waals surface area (Å²) in [5.74, 6) is -0.384. The van der Waals surface area contributed by atoms with E-state index >= 15 is 0 Å². The lowest BCUT2D eigenvalue weighted by Crippen LogP contribution is -2.19. The average Bonchev–Trinajstić information content (AvgIpc) is 2.84. The Morgan fingerprint density at radius 2 is 2.35 bits per heavy atom. The number of benzene rings is 1. The van der Waals surface area contributed by atoms with E-state index in [-0.39, 0.29) is 16.9 Å². The molecule has 0 saturated heterocycles. The van der Waals surface area contributed by atoms with E-state index in [1.165, 1.54) is 6.07 Å². The fourth-order valence-corrected chi connectivity index (χ4v) is 2.46. The first-order valence-electron chi connectivity index (χ1n) is 5.20. The van der Waals surface area contributed by atoms with Gasteiger partial charge in [0.15, 0.2) is 0 Å². The van der Waals surface area contributed by atoms with Crippen molar-refractivity contribution in [2.75, 3.05) is 7.05 Å². The third kappa shape index (κ3) is 3.03. The maximum Gasteiger partial charge on any atom is 0.141 e. The lowest BCUT2D eigenvalue weighted by atomic mass is 10.0. The summed E-state index contributed by atoms with van der Waals surface area (Å²) in [7, 11) is 1.88. The molecule has 0 amide bonds. The van der Waals surface area contributed by atoms with Crippen LogP contribution in [0, 0.1) is 5.82 Å². The highest BCUT2D eigenvalue weighted by atomic mass is 35.5. The van der Waals surface area contributed by atoms with E-state index < -0.39 is 0 Å². The van der Waals surface area contributed by atoms with E-state index in [0.29, 0.717) is 0 Å². The largest absolute Gasteiger partial charge is 0.311 e. The van der Waals surface area contributed by atoms with Gasteiger partial charge in [0.25, 0.3) is 0 Å². The molecule has 2 rings (SSSR count). The van der Waals surface area contributed by atoms with Gasteiger partial charge in [0.05, 0.1) is 22.3 Å². The Kier molecular flexibility index (Phi) is 4.10. The molecule has 5 heteroatoms. The second kappa shape index (κ2) is 5.58. The maximum absolute atomic E-state index is 13.0. The third-order valence-electron chi connectivity index (χ3n) is 2.58. The molecule has 1 heterocycles. The van der Waals surface area contributed by atoms with Gasteiger partial charge in [-0.3, -0.25) is 0 Å². The molecule has 1 aromatic carbocycles. The van der Waals surface area contributed by atoms with Crippen molar-refractivity contribution in [1.29, 1.82) is 0 Å². The number of nitrogens with zero attached hydrogens (tertiary/aromatic N) is 1. The Labute approximate surface area is 108 Å². The number of nitrogens with one attached hydrogen (secondary N) is 1. The van der Waals surface area contributed by atoms with E-state index in [4.69, 9.17) is 11.6 Å². The zero-order valence-electron chi connectivity index (χ0n) is 9.28. The molecular formula is C12H12ClFN2S. The predicted molar refractivity (Wildman–Crippen MR) is 69.0 cm³/mol. The van der Waals surface area contributed by atoms with Gasteiger partial charge < -0.3 is 5.32 Å². The van der Waals surface area contributed by atoms with E-state index in [2.05, 4.69) is 10.3 Å². The average molecular weight is 271 g/mol. The Hall–Kier alpha value is -0.970. The van der Waals surface area contributed by atoms with Crippen LogP contribution in [0.15, 0.2) is 29.1 Å². The van der Waals surface area contributed by atoms with Crippen molar-refractivity contribution in [1.82, 2.24) is 10.3 Å². The predicted octanol–water partition coefficient (Wildman–Crippen LogP) is 3.44. The molecule has 1 atom stereocenters. The van der Waals surface area contributed by atoms with Crippen LogP contribution in [0.2, 0.25) is 5.02 Å². The Morgan fingerprint density at radius 1 is 1.53 bits per heavy atom. The molecule has 1 N–H and O–H groups in total. The Morgan fingerprint density at radius 3 is 2.94 bits per heavy atom. The molecule has 2 nitrogen and oxygen atoms in total. The van der Waals surface area contributed by atoms with Crippen molar-refractivity contribution in [2.24, 2.45) is 0 Å². The minimum Gasteiger partial charge on any atom is -0.311 e. The standard InChI is InChI=1S/C12H12ClFN2S/c1-15-11(12-6-17-7-16-12)5-8-2-3-10(14)9(13)4-8/h2-4,6-7,11,15H,5H2,1H3. The Bertz CT molecular complexity index is 487. The molecule has 0 aliphatic heterocycles. The maximum atomic E-state index is 13.0. The molecule has 1 unspecified atom stereocenters. The van der Waals surface area contributed by atoms with Gasteiger partial charge in [0.2, 0.25) is 0 Å². The second-order valence-electron chi connectivity index (χ2n) is 3.71. The number of hydrogen-bond acceptors (Lipinski definition) is 3. The topological polar surface area (TPSA) is 24.9 Å². The van der Waals surface area contributed by atoms with Gasteiger partial charge in [0.1, 0.15) is 5.82 Å². The first-order chi connectivity index (χ1) is 8.20. The van der Waals surface area contributed by atoms with Crippen LogP contribution in [0.25, 0.3) is 0 Å². The lowest BCUT2D eigenvalue weighted by Gasteiger charge is -2.14. The fraction of sp³-hybridized carbons (Fsp3) is 0.250. The summed E-state index contributed by atoms with van der Waals surface area (Å²) in [5.41, 5.74) is 3.79. The number of thiazole rings is 1. The van der Waals surface area contributed by atoms with Gasteiger partial charge in [-0.25, -0.2) is 9.37 Å². The summed E-state index contributed by atoms with van der Waals surface area (Å²) in [4.78, 5) is 4.27. The van der Waals surface area contributed by atoms with E-state index in [0.717, 1.165) is 17.7 Å². The highest BCUT2D eigenvalue weighted by Gasteiger charge is 2.12. The molecule has 0 aliphatic carbocycles. The third-order valence-corrected chi connectivity index (χ3v) is 3.48. The van der Waals surface area contributed by atoms with Crippen LogP contribution < -0.4 is 5.32 Å². The van der Waals surface area contributed by atoms with Crippen LogP contribution in [0.4, 0.5) is 4.39 Å². The monoisotopic (exact) mass is 270 g/mol. The van der Waals surface area contributed by atoms with Crippen molar-refractivity contribution in [2.45, 2.75) is 12.5 Å². The zero-order valence-corrected chi connectivity index (χ0v) is 10.9. The molecule has 0 saturated carbocycles.